The molecule has 1 aliphatic rings. The van der Waals surface area contributed by atoms with Crippen LogP contribution in [0.1, 0.15) is 25.8 Å². The first-order chi connectivity index (χ1) is 13.8. The molecule has 150 valence electrons. The first kappa shape index (κ1) is 21.3. The van der Waals surface area contributed by atoms with Crippen LogP contribution in [0, 0.1) is 0 Å². The lowest BCUT2D eigenvalue weighted by Crippen LogP contribution is -2.54. The van der Waals surface area contributed by atoms with E-state index in [1.54, 1.807) is 42.5 Å². The number of amides is 4. The van der Waals surface area contributed by atoms with Crippen LogP contribution in [0.25, 0.3) is 6.08 Å². The smallest absolute Gasteiger partial charge is 0.335 e. The van der Waals surface area contributed by atoms with Crippen molar-refractivity contribution in [3.8, 4) is 5.75 Å². The van der Waals surface area contributed by atoms with Crippen molar-refractivity contribution in [3.63, 3.8) is 0 Å². The third-order valence-electron chi connectivity index (χ3n) is 4.36. The largest absolute Gasteiger partial charge is 0.490 e. The maximum Gasteiger partial charge on any atom is 0.335 e. The van der Waals surface area contributed by atoms with E-state index in [2.05, 4.69) is 37.2 Å². The lowest BCUT2D eigenvalue weighted by atomic mass is 10.1. The van der Waals surface area contributed by atoms with Crippen LogP contribution in [0.4, 0.5) is 10.5 Å². The van der Waals surface area contributed by atoms with Crippen molar-refractivity contribution in [2.24, 2.45) is 0 Å². The van der Waals surface area contributed by atoms with Gasteiger partial charge in [0, 0.05) is 4.47 Å². The summed E-state index contributed by atoms with van der Waals surface area (Å²) in [5, 5.41) is 2.21. The highest BCUT2D eigenvalue weighted by Gasteiger charge is 2.36. The molecule has 1 heterocycles. The van der Waals surface area contributed by atoms with Gasteiger partial charge in [0.05, 0.1) is 16.3 Å². The number of imide groups is 2. The van der Waals surface area contributed by atoms with Gasteiger partial charge in [-0.15, -0.1) is 0 Å². The minimum atomic E-state index is -0.780. The van der Waals surface area contributed by atoms with Crippen molar-refractivity contribution < 1.29 is 19.1 Å². The van der Waals surface area contributed by atoms with Crippen LogP contribution in [0.15, 0.2) is 57.0 Å². The van der Waals surface area contributed by atoms with Crippen LogP contribution < -0.4 is 15.0 Å². The first-order valence-electron chi connectivity index (χ1n) is 8.93. The van der Waals surface area contributed by atoms with Gasteiger partial charge in [0.1, 0.15) is 11.3 Å². The third kappa shape index (κ3) is 4.76. The van der Waals surface area contributed by atoms with E-state index in [1.165, 1.54) is 6.08 Å². The van der Waals surface area contributed by atoms with Gasteiger partial charge in [-0.25, -0.2) is 9.69 Å². The highest BCUT2D eigenvalue weighted by atomic mass is 79.9. The van der Waals surface area contributed by atoms with Crippen molar-refractivity contribution in [2.45, 2.75) is 26.4 Å². The van der Waals surface area contributed by atoms with Crippen molar-refractivity contribution in [3.05, 3.63) is 62.5 Å². The lowest BCUT2D eigenvalue weighted by molar-refractivity contribution is -0.122. The predicted molar refractivity (Wildman–Crippen MR) is 118 cm³/mol. The highest BCUT2D eigenvalue weighted by Crippen LogP contribution is 2.29. The fraction of sp³-hybridized carbons (Fsp3) is 0.190. The zero-order valence-electron chi connectivity index (χ0n) is 15.7. The van der Waals surface area contributed by atoms with Gasteiger partial charge in [-0.2, -0.15) is 0 Å². The Hall–Kier alpha value is -2.45. The second kappa shape index (κ2) is 8.92. The number of rotatable bonds is 5. The summed E-state index contributed by atoms with van der Waals surface area (Å²) in [5.41, 5.74) is 0.861. The van der Waals surface area contributed by atoms with Gasteiger partial charge >= 0.3 is 6.03 Å². The summed E-state index contributed by atoms with van der Waals surface area (Å²) in [4.78, 5) is 38.4. The van der Waals surface area contributed by atoms with Gasteiger partial charge in [0.15, 0.2) is 0 Å². The monoisotopic (exact) mass is 520 g/mol. The van der Waals surface area contributed by atoms with Crippen molar-refractivity contribution in [1.29, 1.82) is 0 Å². The third-order valence-corrected chi connectivity index (χ3v) is 5.50. The maximum atomic E-state index is 12.9. The number of barbiturate groups is 1. The molecule has 1 aliphatic heterocycles. The Kier molecular flexibility index (Phi) is 6.54. The van der Waals surface area contributed by atoms with E-state index in [1.807, 2.05) is 13.8 Å². The fourth-order valence-electron chi connectivity index (χ4n) is 2.65. The molecule has 2 aromatic carbocycles. The second-order valence-electron chi connectivity index (χ2n) is 6.46. The molecule has 0 bridgehead atoms. The molecule has 29 heavy (non-hydrogen) atoms. The molecule has 1 saturated heterocycles. The zero-order chi connectivity index (χ0) is 21.1. The number of nitrogens with zero attached hydrogens (tertiary/aromatic N) is 1. The molecule has 0 aromatic heterocycles. The van der Waals surface area contributed by atoms with Gasteiger partial charge in [-0.3, -0.25) is 14.9 Å². The van der Waals surface area contributed by atoms with Crippen LogP contribution in [0.2, 0.25) is 0 Å². The Morgan fingerprint density at radius 2 is 1.79 bits per heavy atom. The molecule has 0 unspecified atom stereocenters. The molecule has 1 atom stereocenters. The van der Waals surface area contributed by atoms with Gasteiger partial charge in [0.2, 0.25) is 0 Å². The SMILES string of the molecule is CC[C@H](C)Oc1ccc(/C=C2\C(=O)NC(=O)N(c3ccc(Br)cc3)C2=O)cc1Br. The molecule has 0 aliphatic carbocycles. The van der Waals surface area contributed by atoms with Crippen LogP contribution in [0.5, 0.6) is 5.75 Å². The number of carbonyl (C=O) groups is 3. The number of carbonyl (C=O) groups excluding carboxylic acids is 3. The Labute approximate surface area is 185 Å². The lowest BCUT2D eigenvalue weighted by Gasteiger charge is -2.26. The van der Waals surface area contributed by atoms with Crippen molar-refractivity contribution in [2.75, 3.05) is 4.90 Å². The Morgan fingerprint density at radius 1 is 1.10 bits per heavy atom. The number of halogens is 2. The molecular formula is C21H18Br2N2O4. The number of ether oxygens (including phenoxy) is 1. The van der Waals surface area contributed by atoms with Gasteiger partial charge in [-0.05, 0) is 77.3 Å². The molecule has 0 radical (unpaired) electrons. The molecule has 1 fully saturated rings. The maximum absolute atomic E-state index is 12.9. The molecule has 8 heteroatoms. The second-order valence-corrected chi connectivity index (χ2v) is 8.23. The molecule has 6 nitrogen and oxygen atoms in total. The molecule has 0 saturated carbocycles. The van der Waals surface area contributed by atoms with E-state index in [-0.39, 0.29) is 11.7 Å². The minimum absolute atomic E-state index is 0.0617. The number of hydrogen-bond donors (Lipinski definition) is 1. The number of benzene rings is 2. The topological polar surface area (TPSA) is 75.7 Å². The van der Waals surface area contributed by atoms with E-state index in [0.717, 1.165) is 15.8 Å². The normalized spacial score (nSPS) is 16.8. The van der Waals surface area contributed by atoms with E-state index < -0.39 is 17.8 Å². The average molecular weight is 522 g/mol. The summed E-state index contributed by atoms with van der Waals surface area (Å²) in [6.45, 7) is 4.00. The van der Waals surface area contributed by atoms with E-state index in [9.17, 15) is 14.4 Å². The summed E-state index contributed by atoms with van der Waals surface area (Å²) in [6.07, 6.45) is 2.38. The van der Waals surface area contributed by atoms with Crippen molar-refractivity contribution in [1.82, 2.24) is 5.32 Å². The quantitative estimate of drug-likeness (QED) is 0.441. The highest BCUT2D eigenvalue weighted by molar-refractivity contribution is 9.10. The Morgan fingerprint density at radius 3 is 2.41 bits per heavy atom. The van der Waals surface area contributed by atoms with E-state index in [4.69, 9.17) is 4.74 Å². The van der Waals surface area contributed by atoms with Crippen molar-refractivity contribution >= 4 is 61.5 Å². The summed E-state index contributed by atoms with van der Waals surface area (Å²) in [7, 11) is 0. The van der Waals surface area contributed by atoms with Gasteiger partial charge < -0.3 is 4.74 Å². The predicted octanol–water partition coefficient (Wildman–Crippen LogP) is 5.06. The van der Waals surface area contributed by atoms with E-state index >= 15 is 0 Å². The standard InChI is InChI=1S/C21H18Br2N2O4/c1-3-12(2)29-18-9-4-13(11-17(18)23)10-16-19(26)24-21(28)25(20(16)27)15-7-5-14(22)6-8-15/h4-12H,3H2,1-2H3,(H,24,26,28)/b16-10+/t12-/m0/s1. The van der Waals surface area contributed by atoms with E-state index in [0.29, 0.717) is 21.5 Å². The Bertz CT molecular complexity index is 1000. The minimum Gasteiger partial charge on any atom is -0.490 e. The molecule has 0 spiro atoms. The number of urea groups is 1. The molecule has 1 N–H and O–H groups in total. The van der Waals surface area contributed by atoms with Gasteiger partial charge in [0.25, 0.3) is 11.8 Å². The van der Waals surface area contributed by atoms with Crippen LogP contribution >= 0.6 is 31.9 Å². The summed E-state index contributed by atoms with van der Waals surface area (Å²) >= 11 is 6.77. The van der Waals surface area contributed by atoms with Crippen LogP contribution in [-0.2, 0) is 9.59 Å². The number of hydrogen-bond acceptors (Lipinski definition) is 4. The fourth-order valence-corrected chi connectivity index (χ4v) is 3.41. The zero-order valence-corrected chi connectivity index (χ0v) is 18.9. The summed E-state index contributed by atoms with van der Waals surface area (Å²) < 4.78 is 7.32. The molecule has 4 amide bonds. The number of anilines is 1. The van der Waals surface area contributed by atoms with Crippen LogP contribution in [0.3, 0.4) is 0 Å². The number of nitrogens with one attached hydrogen (secondary N) is 1. The summed E-state index contributed by atoms with van der Waals surface area (Å²) in [5.74, 6) is -0.742. The molecule has 2 aromatic rings. The summed E-state index contributed by atoms with van der Waals surface area (Å²) in [6, 6.07) is 11.1. The first-order valence-corrected chi connectivity index (χ1v) is 10.5. The van der Waals surface area contributed by atoms with Gasteiger partial charge in [-0.1, -0.05) is 28.9 Å². The Balaban J connectivity index is 1.92. The molecular weight excluding hydrogens is 504 g/mol. The average Bonchev–Trinajstić information content (AvgIpc) is 2.68. The van der Waals surface area contributed by atoms with Crippen LogP contribution in [-0.4, -0.2) is 23.9 Å². The molecule has 3 rings (SSSR count).